The van der Waals surface area contributed by atoms with E-state index in [4.69, 9.17) is 0 Å². The molecule has 0 unspecified atom stereocenters. The van der Waals surface area contributed by atoms with Crippen molar-refractivity contribution in [3.8, 4) is 0 Å². The van der Waals surface area contributed by atoms with E-state index in [1.165, 1.54) is 6.42 Å². The highest BCUT2D eigenvalue weighted by atomic mass is 16.1. The first-order valence-corrected chi connectivity index (χ1v) is 3.70. The molecule has 0 bridgehead atoms. The summed E-state index contributed by atoms with van der Waals surface area (Å²) >= 11 is 0. The lowest BCUT2D eigenvalue weighted by Gasteiger charge is -2.11. The molecule has 0 amide bonds. The number of allylic oxidation sites excluding steroid dienone is 4. The molecular weight excluding hydrogens is 124 g/mol. The van der Waals surface area contributed by atoms with Gasteiger partial charge < -0.3 is 0 Å². The topological polar surface area (TPSA) is 17.1 Å². The van der Waals surface area contributed by atoms with Crippen molar-refractivity contribution in [2.45, 2.75) is 19.3 Å². The molecular formula is C9H12O. The zero-order chi connectivity index (χ0) is 7.23. The first-order chi connectivity index (χ1) is 4.93. The lowest BCUT2D eigenvalue weighted by molar-refractivity contribution is -0.104. The smallest absolute Gasteiger partial charge is 0.142 e. The molecule has 10 heavy (non-hydrogen) atoms. The van der Waals surface area contributed by atoms with Crippen LogP contribution in [-0.4, -0.2) is 6.29 Å². The molecule has 1 aliphatic carbocycles. The van der Waals surface area contributed by atoms with Crippen molar-refractivity contribution in [1.29, 1.82) is 0 Å². The van der Waals surface area contributed by atoms with Gasteiger partial charge in [0.1, 0.15) is 6.29 Å². The highest BCUT2D eigenvalue weighted by Crippen LogP contribution is 2.18. The van der Waals surface area contributed by atoms with Gasteiger partial charge in [-0.15, -0.1) is 0 Å². The Labute approximate surface area is 61.4 Å². The first kappa shape index (κ1) is 7.26. The average Bonchev–Trinajstić information content (AvgIpc) is 2.03. The molecule has 1 aliphatic rings. The van der Waals surface area contributed by atoms with Gasteiger partial charge >= 0.3 is 0 Å². The number of hydrogen-bond donors (Lipinski definition) is 0. The summed E-state index contributed by atoms with van der Waals surface area (Å²) in [6.07, 6.45) is 12.3. The quantitative estimate of drug-likeness (QED) is 0.323. The number of aldehydes is 1. The first-order valence-electron chi connectivity index (χ1n) is 3.70. The molecule has 1 nitrogen and oxygen atoms in total. The van der Waals surface area contributed by atoms with Gasteiger partial charge in [0, 0.05) is 0 Å². The van der Waals surface area contributed by atoms with Crippen molar-refractivity contribution in [3.63, 3.8) is 0 Å². The number of carbonyl (C=O) groups is 1. The molecule has 0 aromatic rings. The average molecular weight is 136 g/mol. The minimum atomic E-state index is 0.607. The summed E-state index contributed by atoms with van der Waals surface area (Å²) in [4.78, 5) is 9.94. The summed E-state index contributed by atoms with van der Waals surface area (Å²) in [6.45, 7) is 0. The van der Waals surface area contributed by atoms with E-state index in [1.54, 1.807) is 6.08 Å². The monoisotopic (exact) mass is 136 g/mol. The van der Waals surface area contributed by atoms with Crippen LogP contribution >= 0.6 is 0 Å². The SMILES string of the molecule is O=C/C=C/[C@H]1CC=CCC1. The van der Waals surface area contributed by atoms with Crippen LogP contribution in [0.4, 0.5) is 0 Å². The second-order valence-electron chi connectivity index (χ2n) is 2.57. The van der Waals surface area contributed by atoms with Crippen LogP contribution in [0.15, 0.2) is 24.3 Å². The molecule has 0 aromatic heterocycles. The van der Waals surface area contributed by atoms with Crippen LogP contribution in [0.3, 0.4) is 0 Å². The molecule has 0 aliphatic heterocycles. The zero-order valence-corrected chi connectivity index (χ0v) is 5.99. The zero-order valence-electron chi connectivity index (χ0n) is 5.99. The van der Waals surface area contributed by atoms with Gasteiger partial charge in [0.15, 0.2) is 0 Å². The molecule has 0 saturated carbocycles. The number of carbonyl (C=O) groups excluding carboxylic acids is 1. The molecule has 1 heteroatoms. The Morgan fingerprint density at radius 3 is 2.90 bits per heavy atom. The van der Waals surface area contributed by atoms with Gasteiger partial charge in [0.05, 0.1) is 0 Å². The van der Waals surface area contributed by atoms with E-state index in [1.807, 2.05) is 6.08 Å². The Bertz CT molecular complexity index is 156. The van der Waals surface area contributed by atoms with E-state index in [0.29, 0.717) is 5.92 Å². The van der Waals surface area contributed by atoms with Crippen LogP contribution in [0.2, 0.25) is 0 Å². The Balaban J connectivity index is 2.34. The van der Waals surface area contributed by atoms with E-state index in [-0.39, 0.29) is 0 Å². The summed E-state index contributed by atoms with van der Waals surface area (Å²) in [6, 6.07) is 0. The minimum absolute atomic E-state index is 0.607. The van der Waals surface area contributed by atoms with Gasteiger partial charge in [-0.3, -0.25) is 4.79 Å². The van der Waals surface area contributed by atoms with Crippen molar-refractivity contribution >= 4 is 6.29 Å². The molecule has 0 heterocycles. The van der Waals surface area contributed by atoms with Gasteiger partial charge in [-0.2, -0.15) is 0 Å². The van der Waals surface area contributed by atoms with Crippen LogP contribution in [0.5, 0.6) is 0 Å². The molecule has 0 spiro atoms. The van der Waals surface area contributed by atoms with Crippen LogP contribution in [0.1, 0.15) is 19.3 Å². The largest absolute Gasteiger partial charge is 0.299 e. The van der Waals surface area contributed by atoms with Crippen LogP contribution < -0.4 is 0 Å². The fourth-order valence-electron chi connectivity index (χ4n) is 1.19. The third-order valence-electron chi connectivity index (χ3n) is 1.77. The molecule has 0 radical (unpaired) electrons. The van der Waals surface area contributed by atoms with E-state index in [0.717, 1.165) is 19.1 Å². The van der Waals surface area contributed by atoms with Crippen LogP contribution in [-0.2, 0) is 4.79 Å². The second-order valence-corrected chi connectivity index (χ2v) is 2.57. The van der Waals surface area contributed by atoms with Crippen molar-refractivity contribution in [2.75, 3.05) is 0 Å². The van der Waals surface area contributed by atoms with E-state index in [2.05, 4.69) is 12.2 Å². The second kappa shape index (κ2) is 4.04. The van der Waals surface area contributed by atoms with Crippen molar-refractivity contribution in [2.24, 2.45) is 5.92 Å². The maximum absolute atomic E-state index is 9.94. The minimum Gasteiger partial charge on any atom is -0.299 e. The fourth-order valence-corrected chi connectivity index (χ4v) is 1.19. The van der Waals surface area contributed by atoms with Crippen LogP contribution in [0.25, 0.3) is 0 Å². The molecule has 0 aromatic carbocycles. The Hall–Kier alpha value is -0.850. The lowest BCUT2D eigenvalue weighted by atomic mass is 9.94. The van der Waals surface area contributed by atoms with Gasteiger partial charge in [0.2, 0.25) is 0 Å². The number of rotatable bonds is 2. The van der Waals surface area contributed by atoms with Gasteiger partial charge in [-0.25, -0.2) is 0 Å². The lowest BCUT2D eigenvalue weighted by Crippen LogP contribution is -1.97. The van der Waals surface area contributed by atoms with Crippen molar-refractivity contribution in [3.05, 3.63) is 24.3 Å². The van der Waals surface area contributed by atoms with Crippen molar-refractivity contribution < 1.29 is 4.79 Å². The standard InChI is InChI=1S/C9H12O/c10-8-4-7-9-5-2-1-3-6-9/h1-2,4,7-9H,3,5-6H2/b7-4+/t9-/m0/s1. The Morgan fingerprint density at radius 1 is 1.40 bits per heavy atom. The van der Waals surface area contributed by atoms with E-state index < -0.39 is 0 Å². The summed E-state index contributed by atoms with van der Waals surface area (Å²) < 4.78 is 0. The summed E-state index contributed by atoms with van der Waals surface area (Å²) in [7, 11) is 0. The predicted octanol–water partition coefficient (Wildman–Crippen LogP) is 2.10. The normalized spacial score (nSPS) is 25.4. The Kier molecular flexibility index (Phi) is 2.94. The molecule has 0 saturated heterocycles. The predicted molar refractivity (Wildman–Crippen MR) is 41.7 cm³/mol. The summed E-state index contributed by atoms with van der Waals surface area (Å²) in [5, 5.41) is 0. The summed E-state index contributed by atoms with van der Waals surface area (Å²) in [5.74, 6) is 0.607. The van der Waals surface area contributed by atoms with E-state index >= 15 is 0 Å². The third-order valence-corrected chi connectivity index (χ3v) is 1.77. The fraction of sp³-hybridized carbons (Fsp3) is 0.444. The molecule has 54 valence electrons. The molecule has 0 fully saturated rings. The molecule has 0 N–H and O–H groups in total. The Morgan fingerprint density at radius 2 is 2.30 bits per heavy atom. The number of hydrogen-bond acceptors (Lipinski definition) is 1. The highest BCUT2D eigenvalue weighted by molar-refractivity contribution is 5.64. The van der Waals surface area contributed by atoms with Gasteiger partial charge in [-0.1, -0.05) is 18.2 Å². The maximum Gasteiger partial charge on any atom is 0.142 e. The van der Waals surface area contributed by atoms with Crippen LogP contribution in [0, 0.1) is 5.92 Å². The summed E-state index contributed by atoms with van der Waals surface area (Å²) in [5.41, 5.74) is 0. The van der Waals surface area contributed by atoms with E-state index in [9.17, 15) is 4.79 Å². The van der Waals surface area contributed by atoms with Crippen molar-refractivity contribution in [1.82, 2.24) is 0 Å². The molecule has 1 rings (SSSR count). The van der Waals surface area contributed by atoms with Gasteiger partial charge in [0.25, 0.3) is 0 Å². The maximum atomic E-state index is 9.94. The highest BCUT2D eigenvalue weighted by Gasteiger charge is 2.04. The van der Waals surface area contributed by atoms with Gasteiger partial charge in [-0.05, 0) is 31.3 Å². The third kappa shape index (κ3) is 2.18. The molecule has 1 atom stereocenters.